The maximum absolute atomic E-state index is 12.2. The molecule has 1 aliphatic heterocycles. The van der Waals surface area contributed by atoms with Gasteiger partial charge in [-0.05, 0) is 31.0 Å². The molecule has 1 unspecified atom stereocenters. The average Bonchev–Trinajstić information content (AvgIpc) is 3.29. The maximum atomic E-state index is 12.2. The molecular formula is C15H13ClN4O2S2. The van der Waals surface area contributed by atoms with Gasteiger partial charge in [-0.15, -0.1) is 22.0 Å². The van der Waals surface area contributed by atoms with Crippen molar-refractivity contribution in [3.63, 3.8) is 0 Å². The third-order valence-corrected chi connectivity index (χ3v) is 6.26. The molecule has 2 aliphatic rings. The number of amides is 2. The minimum absolute atomic E-state index is 0.0803. The smallest absolute Gasteiger partial charge is 0.238 e. The first-order valence-electron chi connectivity index (χ1n) is 7.49. The van der Waals surface area contributed by atoms with Crippen LogP contribution in [-0.2, 0) is 9.59 Å². The number of rotatable bonds is 4. The summed E-state index contributed by atoms with van der Waals surface area (Å²) in [5.74, 6) is 0.0792. The number of nitrogens with zero attached hydrogens (tertiary/aromatic N) is 2. The molecule has 1 atom stereocenters. The molecule has 0 saturated heterocycles. The van der Waals surface area contributed by atoms with Crippen LogP contribution in [0.3, 0.4) is 0 Å². The number of carbonyl (C=O) groups excluding carboxylic acids is 2. The highest BCUT2D eigenvalue weighted by Crippen LogP contribution is 2.42. The van der Waals surface area contributed by atoms with Crippen LogP contribution in [0, 0.1) is 0 Å². The van der Waals surface area contributed by atoms with Gasteiger partial charge in [0.05, 0.1) is 10.9 Å². The standard InChI is InChI=1S/C15H13ClN4O2S2/c16-8-3-4-10-9(5-8)17-13(22)11(23-10)6-12(21)18-15-20-19-14(24-15)7-1-2-7/h3-5,7,11H,1-2,6H2,(H,17,22)(H,18,20,21). The Kier molecular flexibility index (Phi) is 4.19. The summed E-state index contributed by atoms with van der Waals surface area (Å²) in [6.45, 7) is 0. The van der Waals surface area contributed by atoms with E-state index in [1.54, 1.807) is 12.1 Å². The van der Waals surface area contributed by atoms with Crippen LogP contribution in [0.1, 0.15) is 30.2 Å². The maximum Gasteiger partial charge on any atom is 0.238 e. The van der Waals surface area contributed by atoms with Crippen molar-refractivity contribution < 1.29 is 9.59 Å². The first-order chi connectivity index (χ1) is 11.6. The number of hydrogen-bond acceptors (Lipinski definition) is 6. The Morgan fingerprint density at radius 2 is 2.21 bits per heavy atom. The fraction of sp³-hybridized carbons (Fsp3) is 0.333. The Bertz CT molecular complexity index is 822. The fourth-order valence-corrected chi connectivity index (χ4v) is 4.57. The van der Waals surface area contributed by atoms with Gasteiger partial charge in [-0.3, -0.25) is 9.59 Å². The normalized spacial score (nSPS) is 19.5. The molecule has 4 rings (SSSR count). The zero-order valence-electron chi connectivity index (χ0n) is 12.4. The van der Waals surface area contributed by atoms with E-state index in [1.165, 1.54) is 23.1 Å². The first kappa shape index (κ1) is 15.9. The summed E-state index contributed by atoms with van der Waals surface area (Å²) in [6, 6.07) is 5.32. The molecule has 0 spiro atoms. The van der Waals surface area contributed by atoms with Gasteiger partial charge < -0.3 is 10.6 Å². The van der Waals surface area contributed by atoms with Crippen LogP contribution in [0.25, 0.3) is 0 Å². The van der Waals surface area contributed by atoms with Crippen LogP contribution in [0.2, 0.25) is 5.02 Å². The second kappa shape index (κ2) is 6.34. The summed E-state index contributed by atoms with van der Waals surface area (Å²) in [6.07, 6.45) is 2.37. The lowest BCUT2D eigenvalue weighted by molar-refractivity contribution is -0.120. The van der Waals surface area contributed by atoms with E-state index >= 15 is 0 Å². The highest BCUT2D eigenvalue weighted by molar-refractivity contribution is 8.01. The molecule has 0 bridgehead atoms. The Labute approximate surface area is 151 Å². The van der Waals surface area contributed by atoms with E-state index in [0.717, 1.165) is 22.7 Å². The van der Waals surface area contributed by atoms with Crippen molar-refractivity contribution in [2.24, 2.45) is 0 Å². The Morgan fingerprint density at radius 1 is 1.38 bits per heavy atom. The largest absolute Gasteiger partial charge is 0.324 e. The van der Waals surface area contributed by atoms with Crippen molar-refractivity contribution in [1.29, 1.82) is 0 Å². The van der Waals surface area contributed by atoms with E-state index in [4.69, 9.17) is 11.6 Å². The van der Waals surface area contributed by atoms with E-state index in [9.17, 15) is 9.59 Å². The summed E-state index contributed by atoms with van der Waals surface area (Å²) in [7, 11) is 0. The summed E-state index contributed by atoms with van der Waals surface area (Å²) < 4.78 is 0. The van der Waals surface area contributed by atoms with Gasteiger partial charge in [-0.2, -0.15) is 0 Å². The molecule has 0 radical (unpaired) electrons. The van der Waals surface area contributed by atoms with Crippen LogP contribution in [0.15, 0.2) is 23.1 Å². The van der Waals surface area contributed by atoms with Gasteiger partial charge in [0.25, 0.3) is 0 Å². The number of halogens is 1. The van der Waals surface area contributed by atoms with Crippen molar-refractivity contribution >= 4 is 57.3 Å². The molecule has 1 saturated carbocycles. The van der Waals surface area contributed by atoms with Crippen molar-refractivity contribution in [2.75, 3.05) is 10.6 Å². The molecule has 9 heteroatoms. The molecule has 1 fully saturated rings. The fourth-order valence-electron chi connectivity index (χ4n) is 2.38. The second-order valence-corrected chi connectivity index (χ2v) is 8.40. The molecule has 124 valence electrons. The number of anilines is 2. The lowest BCUT2D eigenvalue weighted by Gasteiger charge is -2.23. The molecule has 1 aromatic heterocycles. The van der Waals surface area contributed by atoms with Crippen LogP contribution in [0.4, 0.5) is 10.8 Å². The zero-order chi connectivity index (χ0) is 16.7. The van der Waals surface area contributed by atoms with Gasteiger partial charge in [0.15, 0.2) is 0 Å². The number of benzene rings is 1. The lowest BCUT2D eigenvalue weighted by Crippen LogP contribution is -2.32. The van der Waals surface area contributed by atoms with Gasteiger partial charge in [0.1, 0.15) is 5.01 Å². The number of nitrogens with one attached hydrogen (secondary N) is 2. The minimum atomic E-state index is -0.477. The van der Waals surface area contributed by atoms with E-state index in [2.05, 4.69) is 20.8 Å². The van der Waals surface area contributed by atoms with Crippen molar-refractivity contribution in [2.45, 2.75) is 35.3 Å². The highest BCUT2D eigenvalue weighted by Gasteiger charge is 2.30. The SMILES string of the molecule is O=C(CC1Sc2ccc(Cl)cc2NC1=O)Nc1nnc(C2CC2)s1. The van der Waals surface area contributed by atoms with Gasteiger partial charge >= 0.3 is 0 Å². The number of thioether (sulfide) groups is 1. The monoisotopic (exact) mass is 380 g/mol. The number of fused-ring (bicyclic) bond motifs is 1. The quantitative estimate of drug-likeness (QED) is 0.847. The molecule has 24 heavy (non-hydrogen) atoms. The average molecular weight is 381 g/mol. The topological polar surface area (TPSA) is 84.0 Å². The number of hydrogen-bond donors (Lipinski definition) is 2. The minimum Gasteiger partial charge on any atom is -0.324 e. The zero-order valence-corrected chi connectivity index (χ0v) is 14.8. The van der Waals surface area contributed by atoms with E-state index in [1.807, 2.05) is 6.07 Å². The number of carbonyl (C=O) groups is 2. The van der Waals surface area contributed by atoms with Gasteiger partial charge in [0.2, 0.25) is 16.9 Å². The van der Waals surface area contributed by atoms with Crippen molar-refractivity contribution in [1.82, 2.24) is 10.2 Å². The van der Waals surface area contributed by atoms with Crippen LogP contribution in [-0.4, -0.2) is 27.3 Å². The summed E-state index contributed by atoms with van der Waals surface area (Å²) in [4.78, 5) is 25.3. The third kappa shape index (κ3) is 3.40. The molecule has 2 aromatic rings. The van der Waals surface area contributed by atoms with Crippen molar-refractivity contribution in [3.8, 4) is 0 Å². The lowest BCUT2D eigenvalue weighted by atomic mass is 10.2. The molecule has 1 aliphatic carbocycles. The van der Waals surface area contributed by atoms with Crippen molar-refractivity contribution in [3.05, 3.63) is 28.2 Å². The Morgan fingerprint density at radius 3 is 3.00 bits per heavy atom. The second-order valence-electron chi connectivity index (χ2n) is 5.71. The van der Waals surface area contributed by atoms with Gasteiger partial charge in [-0.25, -0.2) is 0 Å². The number of aromatic nitrogens is 2. The van der Waals surface area contributed by atoms with E-state index in [-0.39, 0.29) is 18.2 Å². The highest BCUT2D eigenvalue weighted by atomic mass is 35.5. The Balaban J connectivity index is 1.39. The molecule has 1 aromatic carbocycles. The Hall–Kier alpha value is -1.64. The summed E-state index contributed by atoms with van der Waals surface area (Å²) in [5, 5.41) is 15.2. The molecule has 2 N–H and O–H groups in total. The van der Waals surface area contributed by atoms with E-state index < -0.39 is 5.25 Å². The predicted molar refractivity (Wildman–Crippen MR) is 94.9 cm³/mol. The van der Waals surface area contributed by atoms with Crippen LogP contribution < -0.4 is 10.6 Å². The molecule has 2 heterocycles. The summed E-state index contributed by atoms with van der Waals surface area (Å²) >= 11 is 8.70. The van der Waals surface area contributed by atoms with E-state index in [0.29, 0.717) is 21.8 Å². The predicted octanol–water partition coefficient (Wildman–Crippen LogP) is 3.51. The molecule has 6 nitrogen and oxygen atoms in total. The van der Waals surface area contributed by atoms with Gasteiger partial charge in [-0.1, -0.05) is 22.9 Å². The van der Waals surface area contributed by atoms with Crippen LogP contribution in [0.5, 0.6) is 0 Å². The van der Waals surface area contributed by atoms with Crippen LogP contribution >= 0.6 is 34.7 Å². The molecular weight excluding hydrogens is 368 g/mol. The molecule has 2 amide bonds. The summed E-state index contributed by atoms with van der Waals surface area (Å²) in [5.41, 5.74) is 0.687. The third-order valence-electron chi connectivity index (χ3n) is 3.75. The first-order valence-corrected chi connectivity index (χ1v) is 9.56. The van der Waals surface area contributed by atoms with Gasteiger partial charge in [0, 0.05) is 22.3 Å².